The maximum Gasteiger partial charge on any atom is 0.0468 e. The van der Waals surface area contributed by atoms with Gasteiger partial charge in [0.1, 0.15) is 0 Å². The Bertz CT molecular complexity index is 579. The number of nitrogens with two attached hydrogens (primary N) is 1. The van der Waals surface area contributed by atoms with Gasteiger partial charge in [-0.25, -0.2) is 0 Å². The van der Waals surface area contributed by atoms with Crippen molar-refractivity contribution >= 4 is 11.6 Å². The third-order valence-corrected chi connectivity index (χ3v) is 4.20. The van der Waals surface area contributed by atoms with Crippen molar-refractivity contribution in [3.05, 3.63) is 70.2 Å². The van der Waals surface area contributed by atoms with Crippen molar-refractivity contribution in [2.45, 2.75) is 24.8 Å². The van der Waals surface area contributed by atoms with Gasteiger partial charge in [0, 0.05) is 10.6 Å². The van der Waals surface area contributed by atoms with Crippen LogP contribution >= 0.6 is 11.6 Å². The zero-order valence-corrected chi connectivity index (χ0v) is 11.0. The molecule has 3 rings (SSSR count). The quantitative estimate of drug-likeness (QED) is 0.829. The van der Waals surface area contributed by atoms with Crippen molar-refractivity contribution in [3.63, 3.8) is 0 Å². The van der Waals surface area contributed by atoms with Gasteiger partial charge >= 0.3 is 0 Å². The van der Waals surface area contributed by atoms with Gasteiger partial charge in [-0.2, -0.15) is 0 Å². The molecule has 0 bridgehead atoms. The molecule has 1 aliphatic carbocycles. The molecule has 1 unspecified atom stereocenters. The Morgan fingerprint density at radius 2 is 1.61 bits per heavy atom. The lowest BCUT2D eigenvalue weighted by atomic mass is 9.74. The van der Waals surface area contributed by atoms with E-state index < -0.39 is 0 Å². The number of hydrogen-bond acceptors (Lipinski definition) is 1. The van der Waals surface area contributed by atoms with E-state index in [1.54, 1.807) is 0 Å². The molecule has 1 nitrogen and oxygen atoms in total. The average Bonchev–Trinajstić information content (AvgIpc) is 2.39. The summed E-state index contributed by atoms with van der Waals surface area (Å²) in [5, 5.41) is 0.777. The molecule has 0 amide bonds. The Balaban J connectivity index is 2.02. The van der Waals surface area contributed by atoms with Crippen LogP contribution in [0, 0.1) is 0 Å². The fourth-order valence-electron chi connectivity index (χ4n) is 2.85. The van der Waals surface area contributed by atoms with E-state index in [9.17, 15) is 0 Å². The van der Waals surface area contributed by atoms with E-state index in [1.807, 2.05) is 18.2 Å². The molecule has 18 heavy (non-hydrogen) atoms. The summed E-state index contributed by atoms with van der Waals surface area (Å²) in [6, 6.07) is 16.5. The lowest BCUT2D eigenvalue weighted by Gasteiger charge is -2.35. The normalized spacial score (nSPS) is 22.6. The van der Waals surface area contributed by atoms with Crippen LogP contribution in [0.2, 0.25) is 5.02 Å². The molecule has 2 heteroatoms. The van der Waals surface area contributed by atoms with E-state index in [0.29, 0.717) is 0 Å². The predicted octanol–water partition coefficient (Wildman–Crippen LogP) is 3.68. The largest absolute Gasteiger partial charge is 0.321 e. The minimum Gasteiger partial charge on any atom is -0.321 e. The first kappa shape index (κ1) is 11.8. The number of hydrogen-bond donors (Lipinski definition) is 1. The topological polar surface area (TPSA) is 26.0 Å². The SMILES string of the molecule is NC1(c2ccccc2Cl)CCc2ccccc2C1. The molecule has 0 aromatic heterocycles. The van der Waals surface area contributed by atoms with E-state index in [0.717, 1.165) is 29.8 Å². The van der Waals surface area contributed by atoms with Crippen LogP contribution in [-0.2, 0) is 18.4 Å². The third-order valence-electron chi connectivity index (χ3n) is 3.88. The minimum absolute atomic E-state index is 0.327. The van der Waals surface area contributed by atoms with Gasteiger partial charge in [0.15, 0.2) is 0 Å². The van der Waals surface area contributed by atoms with E-state index in [2.05, 4.69) is 30.3 Å². The van der Waals surface area contributed by atoms with Gasteiger partial charge in [0.05, 0.1) is 0 Å². The van der Waals surface area contributed by atoms with Gasteiger partial charge in [-0.1, -0.05) is 54.1 Å². The standard InChI is InChI=1S/C16H16ClN/c17-15-8-4-3-7-14(15)16(18)10-9-12-5-1-2-6-13(12)11-16/h1-8H,9-11,18H2. The highest BCUT2D eigenvalue weighted by Gasteiger charge is 2.33. The highest BCUT2D eigenvalue weighted by atomic mass is 35.5. The number of aryl methyl sites for hydroxylation is 1. The molecule has 0 spiro atoms. The van der Waals surface area contributed by atoms with Crippen LogP contribution in [0.3, 0.4) is 0 Å². The molecule has 0 saturated carbocycles. The second-order valence-corrected chi connectivity index (χ2v) is 5.49. The first-order valence-electron chi connectivity index (χ1n) is 6.30. The molecule has 2 aromatic rings. The molecule has 0 heterocycles. The minimum atomic E-state index is -0.327. The van der Waals surface area contributed by atoms with Crippen molar-refractivity contribution in [3.8, 4) is 0 Å². The highest BCUT2D eigenvalue weighted by molar-refractivity contribution is 6.31. The van der Waals surface area contributed by atoms with Gasteiger partial charge in [0.25, 0.3) is 0 Å². The number of benzene rings is 2. The number of fused-ring (bicyclic) bond motifs is 1. The summed E-state index contributed by atoms with van der Waals surface area (Å²) in [6.45, 7) is 0. The van der Waals surface area contributed by atoms with Gasteiger partial charge in [-0.3, -0.25) is 0 Å². The molecule has 0 radical (unpaired) electrons. The average molecular weight is 258 g/mol. The second kappa shape index (κ2) is 4.42. The van der Waals surface area contributed by atoms with Crippen molar-refractivity contribution < 1.29 is 0 Å². The Morgan fingerprint density at radius 3 is 2.39 bits per heavy atom. The molecule has 1 atom stereocenters. The molecule has 2 N–H and O–H groups in total. The first-order chi connectivity index (χ1) is 8.69. The lowest BCUT2D eigenvalue weighted by molar-refractivity contribution is 0.385. The summed E-state index contributed by atoms with van der Waals surface area (Å²) >= 11 is 6.29. The van der Waals surface area contributed by atoms with Crippen LogP contribution in [0.15, 0.2) is 48.5 Å². The van der Waals surface area contributed by atoms with Crippen molar-refractivity contribution in [1.82, 2.24) is 0 Å². The second-order valence-electron chi connectivity index (χ2n) is 5.08. The number of rotatable bonds is 1. The van der Waals surface area contributed by atoms with Crippen LogP contribution in [0.25, 0.3) is 0 Å². The number of halogens is 1. The summed E-state index contributed by atoms with van der Waals surface area (Å²) < 4.78 is 0. The first-order valence-corrected chi connectivity index (χ1v) is 6.67. The summed E-state index contributed by atoms with van der Waals surface area (Å²) in [5.41, 5.74) is 10.1. The monoisotopic (exact) mass is 257 g/mol. The van der Waals surface area contributed by atoms with Crippen molar-refractivity contribution in [2.24, 2.45) is 5.73 Å². The predicted molar refractivity (Wildman–Crippen MR) is 75.8 cm³/mol. The zero-order valence-electron chi connectivity index (χ0n) is 10.2. The Morgan fingerprint density at radius 1 is 0.944 bits per heavy atom. The maximum absolute atomic E-state index is 6.61. The summed E-state index contributed by atoms with van der Waals surface area (Å²) in [7, 11) is 0. The Hall–Kier alpha value is -1.31. The fourth-order valence-corrected chi connectivity index (χ4v) is 3.18. The van der Waals surface area contributed by atoms with Crippen molar-refractivity contribution in [2.75, 3.05) is 0 Å². The smallest absolute Gasteiger partial charge is 0.0468 e. The van der Waals surface area contributed by atoms with Gasteiger partial charge in [-0.15, -0.1) is 0 Å². The van der Waals surface area contributed by atoms with Crippen LogP contribution < -0.4 is 5.73 Å². The van der Waals surface area contributed by atoms with Gasteiger partial charge in [0.2, 0.25) is 0 Å². The molecular weight excluding hydrogens is 242 g/mol. The zero-order chi connectivity index (χ0) is 12.6. The van der Waals surface area contributed by atoms with Crippen LogP contribution in [0.4, 0.5) is 0 Å². The van der Waals surface area contributed by atoms with Gasteiger partial charge < -0.3 is 5.73 Å². The summed E-state index contributed by atoms with van der Waals surface area (Å²) in [5.74, 6) is 0. The third kappa shape index (κ3) is 1.94. The van der Waals surface area contributed by atoms with Crippen molar-refractivity contribution in [1.29, 1.82) is 0 Å². The van der Waals surface area contributed by atoms with Crippen LogP contribution in [-0.4, -0.2) is 0 Å². The van der Waals surface area contributed by atoms with Crippen LogP contribution in [0.5, 0.6) is 0 Å². The van der Waals surface area contributed by atoms with Crippen LogP contribution in [0.1, 0.15) is 23.1 Å². The highest BCUT2D eigenvalue weighted by Crippen LogP contribution is 2.37. The molecular formula is C16H16ClN. The Labute approximate surface area is 113 Å². The summed E-state index contributed by atoms with van der Waals surface area (Å²) in [4.78, 5) is 0. The molecule has 1 aliphatic rings. The maximum atomic E-state index is 6.61. The lowest BCUT2D eigenvalue weighted by Crippen LogP contribution is -2.42. The van der Waals surface area contributed by atoms with Gasteiger partial charge in [-0.05, 0) is 42.0 Å². The summed E-state index contributed by atoms with van der Waals surface area (Å²) in [6.07, 6.45) is 2.85. The molecule has 2 aromatic carbocycles. The van der Waals surface area contributed by atoms with E-state index in [4.69, 9.17) is 17.3 Å². The molecule has 92 valence electrons. The van der Waals surface area contributed by atoms with E-state index in [1.165, 1.54) is 11.1 Å². The van der Waals surface area contributed by atoms with E-state index >= 15 is 0 Å². The fraction of sp³-hybridized carbons (Fsp3) is 0.250. The molecule has 0 fully saturated rings. The Kier molecular flexibility index (Phi) is 2.89. The molecule has 0 saturated heterocycles. The molecule has 0 aliphatic heterocycles. The van der Waals surface area contributed by atoms with E-state index in [-0.39, 0.29) is 5.54 Å².